The van der Waals surface area contributed by atoms with Gasteiger partial charge in [-0.05, 0) is 44.2 Å². The number of pyridine rings is 1. The van der Waals surface area contributed by atoms with Gasteiger partial charge in [-0.1, -0.05) is 12.1 Å². The fourth-order valence-electron chi connectivity index (χ4n) is 5.02. The molecule has 2 atom stereocenters. The maximum absolute atomic E-state index is 12.4. The van der Waals surface area contributed by atoms with E-state index in [4.69, 9.17) is 16.1 Å². The molecule has 5 rings (SSSR count). The van der Waals surface area contributed by atoms with Crippen LogP contribution in [0.25, 0.3) is 34.4 Å². The summed E-state index contributed by atoms with van der Waals surface area (Å²) < 4.78 is 0. The number of fused-ring (bicyclic) bond motifs is 3. The summed E-state index contributed by atoms with van der Waals surface area (Å²) in [4.78, 5) is 23.2. The quantitative estimate of drug-likeness (QED) is 0.364. The van der Waals surface area contributed by atoms with Gasteiger partial charge in [-0.2, -0.15) is 0 Å². The first-order valence-electron chi connectivity index (χ1n) is 11.3. The van der Waals surface area contributed by atoms with Gasteiger partial charge >= 0.3 is 0 Å². The Labute approximate surface area is 192 Å². The first-order chi connectivity index (χ1) is 16.0. The van der Waals surface area contributed by atoms with Gasteiger partial charge in [-0.15, -0.1) is 0 Å². The van der Waals surface area contributed by atoms with Crippen molar-refractivity contribution in [3.8, 4) is 11.3 Å². The molecule has 33 heavy (non-hydrogen) atoms. The van der Waals surface area contributed by atoms with E-state index >= 15 is 0 Å². The molecule has 1 saturated heterocycles. The molecule has 0 bridgehead atoms. The van der Waals surface area contributed by atoms with Gasteiger partial charge in [0.2, 0.25) is 0 Å². The minimum absolute atomic E-state index is 0.324. The number of benzene rings is 1. The van der Waals surface area contributed by atoms with E-state index in [1.807, 2.05) is 32.3 Å². The highest BCUT2D eigenvalue weighted by Gasteiger charge is 2.27. The van der Waals surface area contributed by atoms with Gasteiger partial charge < -0.3 is 26.8 Å². The number of aromatic amines is 1. The van der Waals surface area contributed by atoms with Crippen LogP contribution < -0.4 is 26.9 Å². The molecule has 3 heterocycles. The summed E-state index contributed by atoms with van der Waals surface area (Å²) in [6.07, 6.45) is 7.85. The number of nitrogens with one attached hydrogen (secondary N) is 4. The molecule has 170 valence electrons. The second kappa shape index (κ2) is 8.46. The lowest BCUT2D eigenvalue weighted by atomic mass is 10.0. The van der Waals surface area contributed by atoms with E-state index in [-0.39, 0.29) is 0 Å². The van der Waals surface area contributed by atoms with E-state index in [1.165, 1.54) is 6.21 Å². The van der Waals surface area contributed by atoms with Crippen molar-refractivity contribution < 1.29 is 4.79 Å². The van der Waals surface area contributed by atoms with E-state index < -0.39 is 5.91 Å². The molecule has 3 aromatic rings. The number of aromatic nitrogens is 2. The highest BCUT2D eigenvalue weighted by molar-refractivity contribution is 6.05. The van der Waals surface area contributed by atoms with Gasteiger partial charge in [0, 0.05) is 65.8 Å². The average molecular weight is 444 g/mol. The molecule has 8 heteroatoms. The Bertz CT molecular complexity index is 1370. The first kappa shape index (κ1) is 21.4. The monoisotopic (exact) mass is 443 g/mol. The minimum Gasteiger partial charge on any atom is -0.388 e. The van der Waals surface area contributed by atoms with Gasteiger partial charge in [0.15, 0.2) is 0 Å². The van der Waals surface area contributed by atoms with Crippen LogP contribution in [0, 0.1) is 5.41 Å². The zero-order valence-electron chi connectivity index (χ0n) is 18.9. The fraction of sp³-hybridized carbons (Fsp3) is 0.320. The van der Waals surface area contributed by atoms with E-state index in [9.17, 15) is 4.79 Å². The number of likely N-dealkylation sites (tertiary alicyclic amines) is 1. The molecule has 1 fully saturated rings. The van der Waals surface area contributed by atoms with Crippen molar-refractivity contribution >= 4 is 41.0 Å². The first-order valence-corrected chi connectivity index (χ1v) is 11.3. The third-order valence-corrected chi connectivity index (χ3v) is 6.88. The Balaban J connectivity index is 1.63. The molecule has 2 unspecified atom stereocenters. The van der Waals surface area contributed by atoms with Crippen molar-refractivity contribution in [3.05, 3.63) is 46.0 Å². The second-order valence-electron chi connectivity index (χ2n) is 8.73. The highest BCUT2D eigenvalue weighted by atomic mass is 16.1. The van der Waals surface area contributed by atoms with Crippen molar-refractivity contribution in [2.75, 3.05) is 32.5 Å². The molecule has 1 aromatic carbocycles. The summed E-state index contributed by atoms with van der Waals surface area (Å²) in [5.41, 5.74) is 10.7. The summed E-state index contributed by atoms with van der Waals surface area (Å²) >= 11 is 0. The van der Waals surface area contributed by atoms with Crippen molar-refractivity contribution in [2.24, 2.45) is 5.73 Å². The van der Waals surface area contributed by atoms with Crippen LogP contribution in [0.1, 0.15) is 28.8 Å². The minimum atomic E-state index is -0.491. The molecule has 0 radical (unpaired) electrons. The Morgan fingerprint density at radius 1 is 1.33 bits per heavy atom. The van der Waals surface area contributed by atoms with E-state index in [0.29, 0.717) is 28.9 Å². The lowest BCUT2D eigenvalue weighted by Gasteiger charge is -2.25. The maximum atomic E-state index is 12.4. The average Bonchev–Trinajstić information content (AvgIpc) is 3.47. The SMILES string of the molecule is CNc1ccc(-c2cc(C(N)=O)c3[nH]c4c(c3n2)=CCC(N2CCC(NC)C2)C=4)cc1C=N. The number of rotatable bonds is 6. The topological polar surface area (TPSA) is 123 Å². The Kier molecular flexibility index (Phi) is 5.47. The van der Waals surface area contributed by atoms with Crippen LogP contribution in [0.15, 0.2) is 24.3 Å². The van der Waals surface area contributed by atoms with Crippen LogP contribution in [0.2, 0.25) is 0 Å². The molecular weight excluding hydrogens is 414 g/mol. The van der Waals surface area contributed by atoms with Crippen LogP contribution in [-0.2, 0) is 0 Å². The maximum Gasteiger partial charge on any atom is 0.250 e. The molecule has 2 aliphatic rings. The number of likely N-dealkylation sites (N-methyl/N-ethyl adjacent to an activating group) is 1. The number of hydrogen-bond donors (Lipinski definition) is 5. The number of carbonyl (C=O) groups excluding carboxylic acids is 1. The number of amides is 1. The summed E-state index contributed by atoms with van der Waals surface area (Å²) in [7, 11) is 3.84. The van der Waals surface area contributed by atoms with Gasteiger partial charge in [-0.25, -0.2) is 4.98 Å². The van der Waals surface area contributed by atoms with Gasteiger partial charge in [0.1, 0.15) is 0 Å². The molecule has 8 nitrogen and oxygen atoms in total. The predicted molar refractivity (Wildman–Crippen MR) is 133 cm³/mol. The molecular formula is C25H29N7O. The van der Waals surface area contributed by atoms with Crippen LogP contribution in [0.3, 0.4) is 0 Å². The second-order valence-corrected chi connectivity index (χ2v) is 8.73. The largest absolute Gasteiger partial charge is 0.388 e. The normalized spacial score (nSPS) is 20.2. The molecule has 1 amide bonds. The van der Waals surface area contributed by atoms with Crippen molar-refractivity contribution in [3.63, 3.8) is 0 Å². The molecule has 1 aliphatic heterocycles. The van der Waals surface area contributed by atoms with Gasteiger partial charge in [0.05, 0.1) is 22.3 Å². The lowest BCUT2D eigenvalue weighted by molar-refractivity contribution is 0.100. The van der Waals surface area contributed by atoms with Crippen molar-refractivity contribution in [1.29, 1.82) is 5.41 Å². The number of nitrogens with two attached hydrogens (primary N) is 1. The van der Waals surface area contributed by atoms with Crippen LogP contribution in [-0.4, -0.2) is 66.3 Å². The number of carbonyl (C=O) groups is 1. The smallest absolute Gasteiger partial charge is 0.250 e. The number of nitrogens with zero attached hydrogens (tertiary/aromatic N) is 2. The predicted octanol–water partition coefficient (Wildman–Crippen LogP) is 0.995. The van der Waals surface area contributed by atoms with E-state index in [1.54, 1.807) is 6.07 Å². The van der Waals surface area contributed by atoms with Crippen molar-refractivity contribution in [1.82, 2.24) is 20.2 Å². The Morgan fingerprint density at radius 2 is 2.18 bits per heavy atom. The number of primary amides is 1. The van der Waals surface area contributed by atoms with Crippen LogP contribution in [0.5, 0.6) is 0 Å². The standard InChI is InChI=1S/C25H29N7O/c1-28-16-7-8-32(13-16)17-4-5-18-22(10-17)31-24-19(25(27)33)11-21(30-23(18)24)14-3-6-20(29-2)15(9-14)12-26/h3,5-6,9-12,16-17,26,28-29,31H,4,7-8,13H2,1-2H3,(H2,27,33). The van der Waals surface area contributed by atoms with Crippen LogP contribution in [0.4, 0.5) is 5.69 Å². The summed E-state index contributed by atoms with van der Waals surface area (Å²) in [5.74, 6) is -0.491. The third-order valence-electron chi connectivity index (χ3n) is 6.88. The number of H-pyrrole nitrogens is 1. The van der Waals surface area contributed by atoms with Gasteiger partial charge in [0.25, 0.3) is 5.91 Å². The molecule has 0 spiro atoms. The highest BCUT2D eigenvalue weighted by Crippen LogP contribution is 2.26. The van der Waals surface area contributed by atoms with Crippen molar-refractivity contribution in [2.45, 2.75) is 24.9 Å². The summed E-state index contributed by atoms with van der Waals surface area (Å²) in [6, 6.07) is 8.35. The molecule has 6 N–H and O–H groups in total. The van der Waals surface area contributed by atoms with Crippen LogP contribution >= 0.6 is 0 Å². The Hall–Kier alpha value is -3.49. The van der Waals surface area contributed by atoms with Gasteiger partial charge in [-0.3, -0.25) is 9.69 Å². The van der Waals surface area contributed by atoms with E-state index in [2.05, 4.69) is 32.7 Å². The summed E-state index contributed by atoms with van der Waals surface area (Å²) in [6.45, 7) is 2.11. The Morgan fingerprint density at radius 3 is 2.88 bits per heavy atom. The zero-order chi connectivity index (χ0) is 23.1. The molecule has 0 saturated carbocycles. The number of hydrogen-bond acceptors (Lipinski definition) is 6. The molecule has 1 aliphatic carbocycles. The van der Waals surface area contributed by atoms with E-state index in [0.717, 1.165) is 58.8 Å². The number of anilines is 1. The summed E-state index contributed by atoms with van der Waals surface area (Å²) in [5, 5.41) is 16.2. The molecule has 2 aromatic heterocycles. The zero-order valence-corrected chi connectivity index (χ0v) is 18.9. The fourth-order valence-corrected chi connectivity index (χ4v) is 5.02. The third kappa shape index (κ3) is 3.71. The lowest BCUT2D eigenvalue weighted by Crippen LogP contribution is -2.40.